The maximum Gasteiger partial charge on any atom is 0.328 e. The standard InChI is InChI=1S/C24H40N2O3/c1-16(13-14-21-17(2)11-9-15-24(21,6)7)10-8-12-18(3)29-23(28)20(5)26-22(27)19(4)25/h8,10,12,18-20H,9,11,13-15,25H2,1-7H3,(H,26,27)/b12-8+,16-10+/t18?,19-,20?/m0/s1. The molecule has 0 aromatic heterocycles. The zero-order valence-corrected chi connectivity index (χ0v) is 19.3. The molecule has 0 heterocycles. The second kappa shape index (κ2) is 11.3. The van der Waals surface area contributed by atoms with E-state index in [1.807, 2.05) is 12.2 Å². The van der Waals surface area contributed by atoms with E-state index in [2.05, 4.69) is 39.1 Å². The van der Waals surface area contributed by atoms with Gasteiger partial charge in [-0.1, -0.05) is 42.7 Å². The van der Waals surface area contributed by atoms with Gasteiger partial charge in [0.2, 0.25) is 5.91 Å². The van der Waals surface area contributed by atoms with Crippen molar-refractivity contribution in [3.8, 4) is 0 Å². The van der Waals surface area contributed by atoms with Crippen molar-refractivity contribution < 1.29 is 14.3 Å². The Morgan fingerprint density at radius 2 is 1.93 bits per heavy atom. The Kier molecular flexibility index (Phi) is 9.84. The van der Waals surface area contributed by atoms with Gasteiger partial charge in [-0.2, -0.15) is 0 Å². The van der Waals surface area contributed by atoms with Gasteiger partial charge in [-0.15, -0.1) is 0 Å². The van der Waals surface area contributed by atoms with Gasteiger partial charge in [0.15, 0.2) is 0 Å². The lowest BCUT2D eigenvalue weighted by Gasteiger charge is -2.34. The molecule has 0 fully saturated rings. The van der Waals surface area contributed by atoms with Crippen LogP contribution in [-0.2, 0) is 14.3 Å². The lowest BCUT2D eigenvalue weighted by Crippen LogP contribution is -2.46. The van der Waals surface area contributed by atoms with E-state index in [-0.39, 0.29) is 12.0 Å². The summed E-state index contributed by atoms with van der Waals surface area (Å²) in [6, 6.07) is -1.38. The van der Waals surface area contributed by atoms with Crippen LogP contribution in [0.1, 0.15) is 80.6 Å². The van der Waals surface area contributed by atoms with Gasteiger partial charge in [0.1, 0.15) is 12.1 Å². The van der Waals surface area contributed by atoms with Crippen molar-refractivity contribution in [3.63, 3.8) is 0 Å². The van der Waals surface area contributed by atoms with Gasteiger partial charge in [-0.05, 0) is 78.2 Å². The minimum atomic E-state index is -0.725. The Morgan fingerprint density at radius 3 is 2.52 bits per heavy atom. The van der Waals surface area contributed by atoms with Crippen molar-refractivity contribution in [2.45, 2.75) is 98.8 Å². The van der Waals surface area contributed by atoms with Crippen LogP contribution in [0.4, 0.5) is 0 Å². The lowest BCUT2D eigenvalue weighted by molar-refractivity contribution is -0.149. The smallest absolute Gasteiger partial charge is 0.328 e. The first-order chi connectivity index (χ1) is 13.4. The third kappa shape index (κ3) is 8.57. The van der Waals surface area contributed by atoms with Crippen LogP contribution in [-0.4, -0.2) is 30.1 Å². The number of nitrogens with one attached hydrogen (secondary N) is 1. The average molecular weight is 405 g/mol. The molecule has 0 spiro atoms. The molecule has 0 aromatic carbocycles. The second-order valence-corrected chi connectivity index (χ2v) is 9.06. The fourth-order valence-electron chi connectivity index (χ4n) is 3.74. The van der Waals surface area contributed by atoms with Crippen molar-refractivity contribution in [2.24, 2.45) is 11.1 Å². The van der Waals surface area contributed by atoms with Crippen molar-refractivity contribution >= 4 is 11.9 Å². The molecular formula is C24H40N2O3. The van der Waals surface area contributed by atoms with Crippen LogP contribution >= 0.6 is 0 Å². The third-order valence-electron chi connectivity index (χ3n) is 5.65. The summed E-state index contributed by atoms with van der Waals surface area (Å²) < 4.78 is 5.35. The molecule has 0 aromatic rings. The number of ether oxygens (including phenoxy) is 1. The van der Waals surface area contributed by atoms with Gasteiger partial charge >= 0.3 is 5.97 Å². The van der Waals surface area contributed by atoms with E-state index in [9.17, 15) is 9.59 Å². The number of nitrogens with two attached hydrogens (primary N) is 1. The zero-order valence-electron chi connectivity index (χ0n) is 19.3. The Bertz CT molecular complexity index is 672. The molecule has 29 heavy (non-hydrogen) atoms. The van der Waals surface area contributed by atoms with Crippen molar-refractivity contribution in [2.75, 3.05) is 0 Å². The van der Waals surface area contributed by atoms with E-state index >= 15 is 0 Å². The Balaban J connectivity index is 2.50. The number of rotatable bonds is 9. The number of allylic oxidation sites excluding steroid dienone is 5. The quantitative estimate of drug-likeness (QED) is 0.335. The molecule has 0 aliphatic heterocycles. The van der Waals surface area contributed by atoms with E-state index in [0.29, 0.717) is 5.41 Å². The van der Waals surface area contributed by atoms with Crippen LogP contribution in [0.25, 0.3) is 0 Å². The van der Waals surface area contributed by atoms with E-state index in [0.717, 1.165) is 12.8 Å². The van der Waals surface area contributed by atoms with E-state index in [1.165, 1.54) is 24.8 Å². The van der Waals surface area contributed by atoms with E-state index in [1.54, 1.807) is 31.9 Å². The maximum atomic E-state index is 12.0. The SMILES string of the molecule is CC1=C(CC/C(C)=C/C=C/C(C)OC(=O)C(C)NC(=O)[C@H](C)N)C(C)(C)CCC1. The molecule has 5 heteroatoms. The van der Waals surface area contributed by atoms with Crippen LogP contribution in [0.5, 0.6) is 0 Å². The van der Waals surface area contributed by atoms with E-state index in [4.69, 9.17) is 10.5 Å². The van der Waals surface area contributed by atoms with Gasteiger partial charge in [-0.3, -0.25) is 4.79 Å². The number of amides is 1. The number of hydrogen-bond acceptors (Lipinski definition) is 4. The molecule has 2 unspecified atom stereocenters. The van der Waals surface area contributed by atoms with Crippen LogP contribution in [0.2, 0.25) is 0 Å². The van der Waals surface area contributed by atoms with Crippen LogP contribution in [0.15, 0.2) is 34.9 Å². The first-order valence-corrected chi connectivity index (χ1v) is 10.7. The van der Waals surface area contributed by atoms with Gasteiger partial charge in [-0.25, -0.2) is 4.79 Å². The number of hydrogen-bond donors (Lipinski definition) is 2. The fraction of sp³-hybridized carbons (Fsp3) is 0.667. The second-order valence-electron chi connectivity index (χ2n) is 9.06. The highest BCUT2D eigenvalue weighted by molar-refractivity contribution is 5.86. The van der Waals surface area contributed by atoms with Crippen molar-refractivity contribution in [1.29, 1.82) is 0 Å². The van der Waals surface area contributed by atoms with Crippen LogP contribution in [0, 0.1) is 5.41 Å². The summed E-state index contributed by atoms with van der Waals surface area (Å²) in [7, 11) is 0. The lowest BCUT2D eigenvalue weighted by atomic mass is 9.71. The van der Waals surface area contributed by atoms with E-state index < -0.39 is 18.1 Å². The molecule has 1 amide bonds. The highest BCUT2D eigenvalue weighted by Crippen LogP contribution is 2.42. The predicted octanol–water partition coefficient (Wildman–Crippen LogP) is 4.58. The molecule has 0 saturated carbocycles. The molecule has 0 bridgehead atoms. The fourth-order valence-corrected chi connectivity index (χ4v) is 3.74. The maximum absolute atomic E-state index is 12.0. The Morgan fingerprint density at radius 1 is 1.28 bits per heavy atom. The molecular weight excluding hydrogens is 364 g/mol. The summed E-state index contributed by atoms with van der Waals surface area (Å²) in [5.41, 5.74) is 10.3. The largest absolute Gasteiger partial charge is 0.457 e. The molecule has 5 nitrogen and oxygen atoms in total. The molecule has 164 valence electrons. The zero-order chi connectivity index (χ0) is 22.2. The highest BCUT2D eigenvalue weighted by atomic mass is 16.5. The number of carbonyl (C=O) groups is 2. The molecule has 1 rings (SSSR count). The normalized spacial score (nSPS) is 20.3. The molecule has 1 aliphatic carbocycles. The Labute approximate surface area is 176 Å². The summed E-state index contributed by atoms with van der Waals surface area (Å²) in [6.45, 7) is 14.1. The average Bonchev–Trinajstić information content (AvgIpc) is 2.60. The van der Waals surface area contributed by atoms with Crippen molar-refractivity contribution in [3.05, 3.63) is 34.9 Å². The molecule has 3 atom stereocenters. The van der Waals surface area contributed by atoms with Crippen LogP contribution in [0.3, 0.4) is 0 Å². The predicted molar refractivity (Wildman–Crippen MR) is 119 cm³/mol. The monoisotopic (exact) mass is 404 g/mol. The first kappa shape index (κ1) is 25.2. The van der Waals surface area contributed by atoms with Gasteiger partial charge < -0.3 is 15.8 Å². The highest BCUT2D eigenvalue weighted by Gasteiger charge is 2.27. The third-order valence-corrected chi connectivity index (χ3v) is 5.65. The van der Waals surface area contributed by atoms with Gasteiger partial charge in [0.05, 0.1) is 6.04 Å². The first-order valence-electron chi connectivity index (χ1n) is 10.7. The minimum absolute atomic E-state index is 0.314. The Hall–Kier alpha value is -1.88. The summed E-state index contributed by atoms with van der Waals surface area (Å²) in [5, 5.41) is 2.54. The number of carbonyl (C=O) groups excluding carboxylic acids is 2. The minimum Gasteiger partial charge on any atom is -0.457 e. The summed E-state index contributed by atoms with van der Waals surface area (Å²) in [4.78, 5) is 23.6. The summed E-state index contributed by atoms with van der Waals surface area (Å²) in [6.07, 6.45) is 11.4. The molecule has 3 N–H and O–H groups in total. The number of esters is 1. The molecule has 0 radical (unpaired) electrons. The topological polar surface area (TPSA) is 81.4 Å². The molecule has 0 saturated heterocycles. The van der Waals surface area contributed by atoms with Crippen LogP contribution < -0.4 is 11.1 Å². The van der Waals surface area contributed by atoms with Crippen molar-refractivity contribution in [1.82, 2.24) is 5.32 Å². The molecule has 1 aliphatic rings. The van der Waals surface area contributed by atoms with Gasteiger partial charge in [0.25, 0.3) is 0 Å². The van der Waals surface area contributed by atoms with Gasteiger partial charge in [0, 0.05) is 0 Å². The summed E-state index contributed by atoms with van der Waals surface area (Å²) >= 11 is 0. The summed E-state index contributed by atoms with van der Waals surface area (Å²) in [5.74, 6) is -0.846.